The van der Waals surface area contributed by atoms with Gasteiger partial charge in [-0.15, -0.1) is 0 Å². The first-order valence-corrected chi connectivity index (χ1v) is 7.44. The predicted octanol–water partition coefficient (Wildman–Crippen LogP) is 4.35. The molecule has 0 aliphatic rings. The number of hydrogen-bond acceptors (Lipinski definition) is 3. The number of nitriles is 1. The molecule has 0 amide bonds. The molecule has 3 nitrogen and oxygen atoms in total. The number of benzene rings is 2. The van der Waals surface area contributed by atoms with Crippen LogP contribution in [0.5, 0.6) is 0 Å². The van der Waals surface area contributed by atoms with E-state index in [-0.39, 0.29) is 0 Å². The summed E-state index contributed by atoms with van der Waals surface area (Å²) in [7, 11) is 3.89. The average molecular weight is 299 g/mol. The fourth-order valence-electron chi connectivity index (χ4n) is 2.56. The molecule has 0 atom stereocenters. The lowest BCUT2D eigenvalue weighted by atomic mass is 10.0. The Morgan fingerprint density at radius 1 is 0.870 bits per heavy atom. The van der Waals surface area contributed by atoms with Crippen LogP contribution in [0.25, 0.3) is 22.5 Å². The first kappa shape index (κ1) is 14.8. The van der Waals surface area contributed by atoms with Crippen molar-refractivity contribution in [2.75, 3.05) is 19.0 Å². The van der Waals surface area contributed by atoms with Crippen molar-refractivity contribution in [3.8, 4) is 28.6 Å². The summed E-state index contributed by atoms with van der Waals surface area (Å²) < 4.78 is 0. The molecule has 3 aromatic rings. The zero-order valence-corrected chi connectivity index (χ0v) is 13.2. The van der Waals surface area contributed by atoms with Crippen LogP contribution in [-0.2, 0) is 0 Å². The Morgan fingerprint density at radius 2 is 1.43 bits per heavy atom. The van der Waals surface area contributed by atoms with Crippen molar-refractivity contribution in [3.63, 3.8) is 0 Å². The Kier molecular flexibility index (Phi) is 4.07. The molecule has 0 N–H and O–H groups in total. The highest BCUT2D eigenvalue weighted by Gasteiger charge is 2.16. The lowest BCUT2D eigenvalue weighted by Crippen LogP contribution is -2.12. The third-order valence-corrected chi connectivity index (χ3v) is 3.71. The van der Waals surface area contributed by atoms with Crippen molar-refractivity contribution in [3.05, 3.63) is 72.3 Å². The summed E-state index contributed by atoms with van der Waals surface area (Å²) in [5.41, 5.74) is 5.05. The van der Waals surface area contributed by atoms with Crippen molar-refractivity contribution in [2.24, 2.45) is 0 Å². The molecule has 0 saturated carbocycles. The number of pyridine rings is 1. The highest BCUT2D eigenvalue weighted by molar-refractivity contribution is 5.79. The summed E-state index contributed by atoms with van der Waals surface area (Å²) in [6, 6.07) is 24.2. The predicted molar refractivity (Wildman–Crippen MR) is 94.2 cm³/mol. The zero-order chi connectivity index (χ0) is 16.2. The van der Waals surface area contributed by atoms with E-state index in [1.54, 1.807) is 0 Å². The fraction of sp³-hybridized carbons (Fsp3) is 0.100. The summed E-state index contributed by atoms with van der Waals surface area (Å²) in [5.74, 6) is 0. The molecule has 0 unspecified atom stereocenters. The largest absolute Gasteiger partial charge is 0.376 e. The van der Waals surface area contributed by atoms with Gasteiger partial charge in [0.2, 0.25) is 0 Å². The van der Waals surface area contributed by atoms with Crippen LogP contribution in [0.1, 0.15) is 5.56 Å². The summed E-state index contributed by atoms with van der Waals surface area (Å²) in [5, 5.41) is 9.65. The molecule has 3 heteroatoms. The van der Waals surface area contributed by atoms with E-state index in [1.165, 1.54) is 0 Å². The van der Waals surface area contributed by atoms with Crippen LogP contribution < -0.4 is 4.90 Å². The molecule has 1 aromatic heterocycles. The van der Waals surface area contributed by atoms with Gasteiger partial charge in [0.1, 0.15) is 11.6 Å². The van der Waals surface area contributed by atoms with Gasteiger partial charge >= 0.3 is 0 Å². The Balaban J connectivity index is 2.29. The van der Waals surface area contributed by atoms with Crippen molar-refractivity contribution in [1.29, 1.82) is 5.26 Å². The number of aromatic nitrogens is 1. The zero-order valence-electron chi connectivity index (χ0n) is 13.2. The van der Waals surface area contributed by atoms with Gasteiger partial charge in [-0.05, 0) is 6.07 Å². The normalized spacial score (nSPS) is 10.1. The molecule has 2 aromatic carbocycles. The van der Waals surface area contributed by atoms with Crippen LogP contribution in [0.3, 0.4) is 0 Å². The molecule has 0 aliphatic carbocycles. The Hall–Kier alpha value is -3.12. The quantitative estimate of drug-likeness (QED) is 0.721. The smallest absolute Gasteiger partial charge is 0.104 e. The molecule has 0 bridgehead atoms. The molecule has 3 rings (SSSR count). The van der Waals surface area contributed by atoms with Crippen LogP contribution >= 0.6 is 0 Å². The maximum absolute atomic E-state index is 9.65. The average Bonchev–Trinajstić information content (AvgIpc) is 2.62. The molecule has 0 aliphatic heterocycles. The highest BCUT2D eigenvalue weighted by Crippen LogP contribution is 2.32. The molecule has 0 radical (unpaired) electrons. The van der Waals surface area contributed by atoms with Crippen molar-refractivity contribution in [1.82, 2.24) is 4.98 Å². The van der Waals surface area contributed by atoms with Gasteiger partial charge in [-0.25, -0.2) is 4.98 Å². The molecular weight excluding hydrogens is 282 g/mol. The van der Waals surface area contributed by atoms with Crippen LogP contribution in [0.4, 0.5) is 5.69 Å². The van der Waals surface area contributed by atoms with Gasteiger partial charge in [0, 0.05) is 25.2 Å². The summed E-state index contributed by atoms with van der Waals surface area (Å²) in [6.45, 7) is 0. The van der Waals surface area contributed by atoms with Gasteiger partial charge < -0.3 is 4.90 Å². The van der Waals surface area contributed by atoms with Gasteiger partial charge in [0.25, 0.3) is 0 Å². The van der Waals surface area contributed by atoms with E-state index < -0.39 is 0 Å². The van der Waals surface area contributed by atoms with E-state index in [0.717, 1.165) is 28.2 Å². The van der Waals surface area contributed by atoms with E-state index in [9.17, 15) is 5.26 Å². The van der Waals surface area contributed by atoms with Crippen LogP contribution in [0.2, 0.25) is 0 Å². The fourth-order valence-corrected chi connectivity index (χ4v) is 2.56. The number of hydrogen-bond donors (Lipinski definition) is 0. The Morgan fingerprint density at radius 3 is 1.96 bits per heavy atom. The van der Waals surface area contributed by atoms with Gasteiger partial charge in [-0.1, -0.05) is 60.7 Å². The second-order valence-corrected chi connectivity index (χ2v) is 5.49. The highest BCUT2D eigenvalue weighted by atomic mass is 15.1. The minimum atomic E-state index is 0.598. The van der Waals surface area contributed by atoms with Crippen LogP contribution in [0.15, 0.2) is 66.7 Å². The minimum absolute atomic E-state index is 0.598. The molecular formula is C20H17N3. The molecule has 0 saturated heterocycles. The van der Waals surface area contributed by atoms with E-state index >= 15 is 0 Å². The second-order valence-electron chi connectivity index (χ2n) is 5.49. The second kappa shape index (κ2) is 6.33. The minimum Gasteiger partial charge on any atom is -0.376 e. The van der Waals surface area contributed by atoms with E-state index in [0.29, 0.717) is 5.56 Å². The topological polar surface area (TPSA) is 39.9 Å². The summed E-state index contributed by atoms with van der Waals surface area (Å²) in [6.07, 6.45) is 0. The van der Waals surface area contributed by atoms with E-state index in [2.05, 4.69) is 6.07 Å². The molecule has 1 heterocycles. The molecule has 23 heavy (non-hydrogen) atoms. The standard InChI is InChI=1S/C20H17N3/c1-23(2)19-13-18(15-9-5-3-6-10-15)22-20(17(19)14-21)16-11-7-4-8-12-16/h3-13H,1-2H3. The maximum atomic E-state index is 9.65. The van der Waals surface area contributed by atoms with Gasteiger partial charge in [-0.2, -0.15) is 5.26 Å². The van der Waals surface area contributed by atoms with Gasteiger partial charge in [0.05, 0.1) is 17.1 Å². The molecule has 0 fully saturated rings. The van der Waals surface area contributed by atoms with Gasteiger partial charge in [0.15, 0.2) is 0 Å². The maximum Gasteiger partial charge on any atom is 0.104 e. The van der Waals surface area contributed by atoms with E-state index in [4.69, 9.17) is 4.98 Å². The van der Waals surface area contributed by atoms with E-state index in [1.807, 2.05) is 85.7 Å². The Bertz CT molecular complexity index is 847. The third kappa shape index (κ3) is 2.93. The summed E-state index contributed by atoms with van der Waals surface area (Å²) in [4.78, 5) is 6.74. The van der Waals surface area contributed by atoms with Crippen molar-refractivity contribution >= 4 is 5.69 Å². The number of anilines is 1. The van der Waals surface area contributed by atoms with Crippen molar-refractivity contribution < 1.29 is 0 Å². The van der Waals surface area contributed by atoms with Crippen molar-refractivity contribution in [2.45, 2.75) is 0 Å². The van der Waals surface area contributed by atoms with Gasteiger partial charge in [-0.3, -0.25) is 0 Å². The number of rotatable bonds is 3. The Labute approximate surface area is 136 Å². The van der Waals surface area contributed by atoms with Crippen LogP contribution in [0, 0.1) is 11.3 Å². The third-order valence-electron chi connectivity index (χ3n) is 3.71. The summed E-state index contributed by atoms with van der Waals surface area (Å²) >= 11 is 0. The molecule has 112 valence electrons. The first-order valence-electron chi connectivity index (χ1n) is 7.44. The van der Waals surface area contributed by atoms with Crippen LogP contribution in [-0.4, -0.2) is 19.1 Å². The first-order chi connectivity index (χ1) is 11.2. The molecule has 0 spiro atoms. The lowest BCUT2D eigenvalue weighted by Gasteiger charge is -2.18. The lowest BCUT2D eigenvalue weighted by molar-refractivity contribution is 1.11. The monoisotopic (exact) mass is 299 g/mol. The SMILES string of the molecule is CN(C)c1cc(-c2ccccc2)nc(-c2ccccc2)c1C#N. The number of nitrogens with zero attached hydrogens (tertiary/aromatic N) is 3.